The second kappa shape index (κ2) is 9.56. The molecule has 0 spiro atoms. The van der Waals surface area contributed by atoms with Gasteiger partial charge in [0.25, 0.3) is 11.8 Å². The van der Waals surface area contributed by atoms with Crippen LogP contribution in [0.4, 0.5) is 33.3 Å². The molecule has 3 aromatic rings. The van der Waals surface area contributed by atoms with Gasteiger partial charge in [-0.1, -0.05) is 5.16 Å². The summed E-state index contributed by atoms with van der Waals surface area (Å²) in [6.45, 7) is 0. The molecule has 0 aliphatic carbocycles. The van der Waals surface area contributed by atoms with Crippen molar-refractivity contribution in [3.05, 3.63) is 59.8 Å². The average molecular weight is 510 g/mol. The lowest BCUT2D eigenvalue weighted by Gasteiger charge is -2.23. The third-order valence-electron chi connectivity index (χ3n) is 4.64. The Morgan fingerprint density at radius 3 is 2.61 bits per heavy atom. The number of aromatic nitrogens is 1. The van der Waals surface area contributed by atoms with Crippen molar-refractivity contribution >= 4 is 23.0 Å². The number of likely N-dealkylation sites (N-methyl/N-ethyl adjacent to an activating group) is 1. The Labute approximate surface area is 199 Å². The van der Waals surface area contributed by atoms with E-state index in [0.29, 0.717) is 0 Å². The van der Waals surface area contributed by atoms with Crippen molar-refractivity contribution in [1.82, 2.24) is 10.3 Å². The number of oxime groups is 1. The Morgan fingerprint density at radius 2 is 1.92 bits per heavy atom. The number of halogens is 5. The van der Waals surface area contributed by atoms with Crippen molar-refractivity contribution in [2.24, 2.45) is 5.16 Å². The van der Waals surface area contributed by atoms with Crippen LogP contribution in [-0.4, -0.2) is 37.1 Å². The van der Waals surface area contributed by atoms with Gasteiger partial charge in [0.1, 0.15) is 30.1 Å². The van der Waals surface area contributed by atoms with Crippen molar-refractivity contribution in [3.63, 3.8) is 0 Å². The highest BCUT2D eigenvalue weighted by Gasteiger charge is 2.32. The van der Waals surface area contributed by atoms with Crippen LogP contribution in [-0.2, 0) is 9.63 Å². The number of nitrogens with one attached hydrogen (secondary N) is 2. The van der Waals surface area contributed by atoms with Crippen molar-refractivity contribution < 1.29 is 45.8 Å². The molecule has 0 saturated carbocycles. The van der Waals surface area contributed by atoms with E-state index < -0.39 is 35.5 Å². The van der Waals surface area contributed by atoms with Crippen LogP contribution in [0.2, 0.25) is 0 Å². The van der Waals surface area contributed by atoms with Gasteiger partial charge in [0.05, 0.1) is 17.4 Å². The third-order valence-corrected chi connectivity index (χ3v) is 4.64. The Kier molecular flexibility index (Phi) is 6.51. The number of amides is 1. The van der Waals surface area contributed by atoms with Gasteiger partial charge in [0, 0.05) is 19.2 Å². The van der Waals surface area contributed by atoms with Gasteiger partial charge in [0.2, 0.25) is 5.82 Å². The molecule has 2 N–H and O–H groups in total. The number of anilines is 2. The van der Waals surface area contributed by atoms with Gasteiger partial charge in [-0.3, -0.25) is 4.79 Å². The standard InChI is InChI=1S/C22H15F5N4O5/c1-28-20(32)18(31-33-2)12-5-3-10(23)7-16(12)35-21-17(24)19-14(9-29-21)30-13-8-11(36-22(25,26)27)4-6-15(13)34-19/h3-9,30H,1-2H3,(H,28,32)/b31-18+. The number of alkyl halides is 3. The molecule has 0 saturated heterocycles. The molecule has 0 bridgehead atoms. The first kappa shape index (κ1) is 24.5. The Hall–Kier alpha value is -4.62. The van der Waals surface area contributed by atoms with Crippen LogP contribution < -0.4 is 24.8 Å². The minimum absolute atomic E-state index is 0.00588. The molecule has 0 atom stereocenters. The van der Waals surface area contributed by atoms with E-state index in [-0.39, 0.29) is 39.9 Å². The molecule has 1 aliphatic heterocycles. The van der Waals surface area contributed by atoms with Gasteiger partial charge in [-0.15, -0.1) is 13.2 Å². The predicted molar refractivity (Wildman–Crippen MR) is 115 cm³/mol. The molecule has 1 aromatic heterocycles. The smallest absolute Gasteiger partial charge is 0.450 e. The summed E-state index contributed by atoms with van der Waals surface area (Å²) in [5.41, 5.74) is -0.268. The van der Waals surface area contributed by atoms with E-state index in [1.807, 2.05) is 0 Å². The summed E-state index contributed by atoms with van der Waals surface area (Å²) in [5.74, 6) is -4.41. The maximum atomic E-state index is 15.3. The van der Waals surface area contributed by atoms with E-state index in [1.54, 1.807) is 0 Å². The SMILES string of the molecule is CNC(=O)/C(=N/OC)c1ccc(F)cc1Oc1ncc2c(c1F)Oc1ccc(OC(F)(F)F)cc1N2. The number of fused-ring (bicyclic) bond motifs is 2. The topological polar surface area (TPSA) is 103 Å². The van der Waals surface area contributed by atoms with E-state index in [9.17, 15) is 22.4 Å². The summed E-state index contributed by atoms with van der Waals surface area (Å²) in [7, 11) is 2.53. The highest BCUT2D eigenvalue weighted by atomic mass is 19.4. The lowest BCUT2D eigenvalue weighted by molar-refractivity contribution is -0.274. The first-order valence-electron chi connectivity index (χ1n) is 9.93. The van der Waals surface area contributed by atoms with Crippen LogP contribution in [0.3, 0.4) is 0 Å². The molecule has 36 heavy (non-hydrogen) atoms. The van der Waals surface area contributed by atoms with Crippen LogP contribution in [0.5, 0.6) is 28.9 Å². The highest BCUT2D eigenvalue weighted by molar-refractivity contribution is 6.45. The maximum Gasteiger partial charge on any atom is 0.573 e. The van der Waals surface area contributed by atoms with E-state index in [0.717, 1.165) is 36.5 Å². The second-order valence-electron chi connectivity index (χ2n) is 7.00. The predicted octanol–water partition coefficient (Wildman–Crippen LogP) is 5.00. The zero-order valence-corrected chi connectivity index (χ0v) is 18.4. The van der Waals surface area contributed by atoms with E-state index in [2.05, 4.69) is 30.3 Å². The summed E-state index contributed by atoms with van der Waals surface area (Å²) in [5, 5.41) is 8.66. The molecule has 0 unspecified atom stereocenters. The number of nitrogens with zero attached hydrogens (tertiary/aromatic N) is 2. The van der Waals surface area contributed by atoms with Crippen molar-refractivity contribution in [2.75, 3.05) is 19.5 Å². The molecule has 0 radical (unpaired) electrons. The van der Waals surface area contributed by atoms with Crippen LogP contribution in [0.1, 0.15) is 5.56 Å². The molecular formula is C22H15F5N4O5. The van der Waals surface area contributed by atoms with Gasteiger partial charge in [-0.25, -0.2) is 9.37 Å². The van der Waals surface area contributed by atoms with Crippen LogP contribution in [0.15, 0.2) is 47.8 Å². The highest BCUT2D eigenvalue weighted by Crippen LogP contribution is 2.46. The lowest BCUT2D eigenvalue weighted by atomic mass is 10.1. The number of hydrogen-bond acceptors (Lipinski definition) is 8. The third kappa shape index (κ3) is 5.06. The molecule has 14 heteroatoms. The normalized spacial score (nSPS) is 12.5. The number of ether oxygens (including phenoxy) is 3. The summed E-state index contributed by atoms with van der Waals surface area (Å²) in [4.78, 5) is 20.7. The maximum absolute atomic E-state index is 15.3. The number of benzene rings is 2. The molecule has 4 rings (SSSR count). The second-order valence-corrected chi connectivity index (χ2v) is 7.00. The molecule has 1 amide bonds. The van der Waals surface area contributed by atoms with E-state index >= 15 is 4.39 Å². The summed E-state index contributed by atoms with van der Waals surface area (Å²) >= 11 is 0. The Balaban J connectivity index is 1.67. The van der Waals surface area contributed by atoms with E-state index in [4.69, 9.17) is 9.47 Å². The zero-order chi connectivity index (χ0) is 26.0. The summed E-state index contributed by atoms with van der Waals surface area (Å²) < 4.78 is 81.6. The molecular weight excluding hydrogens is 495 g/mol. The van der Waals surface area contributed by atoms with Crippen LogP contribution >= 0.6 is 0 Å². The fourth-order valence-corrected chi connectivity index (χ4v) is 3.16. The van der Waals surface area contributed by atoms with Gasteiger partial charge in [-0.05, 0) is 24.3 Å². The number of hydrogen-bond donors (Lipinski definition) is 2. The molecule has 1 aliphatic rings. The Bertz CT molecular complexity index is 1360. The summed E-state index contributed by atoms with van der Waals surface area (Å²) in [6.07, 6.45) is -3.81. The van der Waals surface area contributed by atoms with Crippen molar-refractivity contribution in [1.29, 1.82) is 0 Å². The number of carbonyl (C=O) groups is 1. The summed E-state index contributed by atoms with van der Waals surface area (Å²) in [6, 6.07) is 6.26. The van der Waals surface area contributed by atoms with E-state index in [1.165, 1.54) is 20.2 Å². The van der Waals surface area contributed by atoms with Crippen molar-refractivity contribution in [3.8, 4) is 28.9 Å². The first-order chi connectivity index (χ1) is 17.1. The van der Waals surface area contributed by atoms with Crippen LogP contribution in [0.25, 0.3) is 0 Å². The zero-order valence-electron chi connectivity index (χ0n) is 18.4. The minimum atomic E-state index is -4.90. The number of carbonyl (C=O) groups excluding carboxylic acids is 1. The fraction of sp³-hybridized carbons (Fsp3) is 0.136. The van der Waals surface area contributed by atoms with Gasteiger partial charge in [-0.2, -0.15) is 4.39 Å². The fourth-order valence-electron chi connectivity index (χ4n) is 3.16. The monoisotopic (exact) mass is 510 g/mol. The van der Waals surface area contributed by atoms with Crippen molar-refractivity contribution in [2.45, 2.75) is 6.36 Å². The van der Waals surface area contributed by atoms with Crippen LogP contribution in [0, 0.1) is 11.6 Å². The Morgan fingerprint density at radius 1 is 1.14 bits per heavy atom. The number of pyridine rings is 1. The molecule has 2 aromatic carbocycles. The average Bonchev–Trinajstić information content (AvgIpc) is 2.82. The minimum Gasteiger partial charge on any atom is -0.450 e. The molecule has 0 fully saturated rings. The molecule has 188 valence electrons. The van der Waals surface area contributed by atoms with Gasteiger partial charge < -0.3 is 29.7 Å². The number of rotatable bonds is 6. The van der Waals surface area contributed by atoms with Gasteiger partial charge in [0.15, 0.2) is 17.2 Å². The largest absolute Gasteiger partial charge is 0.573 e. The molecule has 2 heterocycles. The van der Waals surface area contributed by atoms with Gasteiger partial charge >= 0.3 is 6.36 Å². The lowest BCUT2D eigenvalue weighted by Crippen LogP contribution is -2.29. The molecule has 9 nitrogen and oxygen atoms in total. The first-order valence-corrected chi connectivity index (χ1v) is 9.93. The quantitative estimate of drug-likeness (QED) is 0.214.